The fourth-order valence-corrected chi connectivity index (χ4v) is 1.48. The van der Waals surface area contributed by atoms with Gasteiger partial charge >= 0.3 is 6.03 Å². The molecule has 0 aliphatic rings. The zero-order valence-corrected chi connectivity index (χ0v) is 10.7. The van der Waals surface area contributed by atoms with Crippen molar-refractivity contribution < 1.29 is 9.72 Å². The first-order valence-corrected chi connectivity index (χ1v) is 5.91. The van der Waals surface area contributed by atoms with Gasteiger partial charge in [-0.3, -0.25) is 10.1 Å². The van der Waals surface area contributed by atoms with Crippen molar-refractivity contribution in [3.8, 4) is 0 Å². The Morgan fingerprint density at radius 2 is 2.22 bits per heavy atom. The van der Waals surface area contributed by atoms with Gasteiger partial charge in [0.25, 0.3) is 5.69 Å². The molecule has 0 aliphatic heterocycles. The maximum Gasteiger partial charge on any atom is 0.319 e. The van der Waals surface area contributed by atoms with Crippen LogP contribution in [-0.2, 0) is 0 Å². The van der Waals surface area contributed by atoms with Gasteiger partial charge < -0.3 is 10.6 Å². The second-order valence-corrected chi connectivity index (χ2v) is 4.09. The van der Waals surface area contributed by atoms with E-state index in [0.717, 1.165) is 12.8 Å². The van der Waals surface area contributed by atoms with E-state index < -0.39 is 11.0 Å². The number of nitro groups is 1. The summed E-state index contributed by atoms with van der Waals surface area (Å²) < 4.78 is 0. The van der Waals surface area contributed by atoms with Gasteiger partial charge in [0.05, 0.1) is 4.92 Å². The van der Waals surface area contributed by atoms with E-state index in [2.05, 4.69) is 10.6 Å². The number of hydrogen-bond donors (Lipinski definition) is 2. The molecule has 1 aromatic rings. The molecule has 0 radical (unpaired) electrons. The molecule has 6 nitrogen and oxygen atoms in total. The highest BCUT2D eigenvalue weighted by atomic mass is 35.5. The molecule has 0 aromatic heterocycles. The molecule has 1 aromatic carbocycles. The SMILES string of the molecule is CCCCNC(=O)Nc1cc(Cl)ccc1[N+](=O)[O-]. The van der Waals surface area contributed by atoms with Crippen molar-refractivity contribution >= 4 is 29.0 Å². The van der Waals surface area contributed by atoms with Crippen LogP contribution in [0.3, 0.4) is 0 Å². The third-order valence-corrected chi connectivity index (χ3v) is 2.45. The number of carbonyl (C=O) groups is 1. The summed E-state index contributed by atoms with van der Waals surface area (Å²) in [6.07, 6.45) is 1.81. The van der Waals surface area contributed by atoms with E-state index >= 15 is 0 Å². The molecule has 2 amide bonds. The van der Waals surface area contributed by atoms with E-state index in [9.17, 15) is 14.9 Å². The Morgan fingerprint density at radius 3 is 2.83 bits per heavy atom. The lowest BCUT2D eigenvalue weighted by molar-refractivity contribution is -0.383. The largest absolute Gasteiger partial charge is 0.338 e. The number of nitrogens with zero attached hydrogens (tertiary/aromatic N) is 1. The number of amides is 2. The minimum absolute atomic E-state index is 0.0847. The minimum Gasteiger partial charge on any atom is -0.338 e. The third-order valence-electron chi connectivity index (χ3n) is 2.22. The summed E-state index contributed by atoms with van der Waals surface area (Å²) in [4.78, 5) is 21.7. The molecule has 0 fully saturated rings. The van der Waals surface area contributed by atoms with E-state index in [4.69, 9.17) is 11.6 Å². The quantitative estimate of drug-likeness (QED) is 0.490. The van der Waals surface area contributed by atoms with E-state index in [0.29, 0.717) is 11.6 Å². The molecule has 18 heavy (non-hydrogen) atoms. The molecule has 0 bridgehead atoms. The molecule has 98 valence electrons. The van der Waals surface area contributed by atoms with E-state index in [1.165, 1.54) is 18.2 Å². The molecule has 2 N–H and O–H groups in total. The second-order valence-electron chi connectivity index (χ2n) is 3.65. The highest BCUT2D eigenvalue weighted by molar-refractivity contribution is 6.31. The Kier molecular flexibility index (Phi) is 5.38. The number of urea groups is 1. The van der Waals surface area contributed by atoms with Crippen molar-refractivity contribution in [2.24, 2.45) is 0 Å². The normalized spacial score (nSPS) is 9.89. The average Bonchev–Trinajstić information content (AvgIpc) is 2.29. The number of nitrogens with one attached hydrogen (secondary N) is 2. The van der Waals surface area contributed by atoms with Gasteiger partial charge in [-0.2, -0.15) is 0 Å². The molecule has 7 heteroatoms. The highest BCUT2D eigenvalue weighted by Crippen LogP contribution is 2.27. The van der Waals surface area contributed by atoms with Crippen molar-refractivity contribution in [1.82, 2.24) is 5.32 Å². The molecule has 0 atom stereocenters. The third kappa shape index (κ3) is 4.21. The number of halogens is 1. The topological polar surface area (TPSA) is 84.3 Å². The van der Waals surface area contributed by atoms with Crippen molar-refractivity contribution in [2.75, 3.05) is 11.9 Å². The maximum atomic E-state index is 11.5. The van der Waals surface area contributed by atoms with Crippen LogP contribution in [0.15, 0.2) is 18.2 Å². The van der Waals surface area contributed by atoms with Crippen molar-refractivity contribution in [3.63, 3.8) is 0 Å². The summed E-state index contributed by atoms with van der Waals surface area (Å²) in [6, 6.07) is 3.52. The predicted molar refractivity (Wildman–Crippen MR) is 70.0 cm³/mol. The van der Waals surface area contributed by atoms with Crippen LogP contribution in [0.25, 0.3) is 0 Å². The van der Waals surface area contributed by atoms with Crippen LogP contribution in [0, 0.1) is 10.1 Å². The van der Waals surface area contributed by atoms with E-state index in [1.54, 1.807) is 0 Å². The number of unbranched alkanes of at least 4 members (excludes halogenated alkanes) is 1. The van der Waals surface area contributed by atoms with Gasteiger partial charge in [0.1, 0.15) is 5.69 Å². The van der Waals surface area contributed by atoms with Gasteiger partial charge in [0, 0.05) is 17.6 Å². The van der Waals surface area contributed by atoms with Gasteiger partial charge in [-0.25, -0.2) is 4.79 Å². The van der Waals surface area contributed by atoms with Crippen LogP contribution in [0.2, 0.25) is 5.02 Å². The number of anilines is 1. The lowest BCUT2D eigenvalue weighted by Crippen LogP contribution is -2.29. The molecule has 0 unspecified atom stereocenters. The van der Waals surface area contributed by atoms with Gasteiger partial charge in [0.15, 0.2) is 0 Å². The predicted octanol–water partition coefficient (Wildman–Crippen LogP) is 3.17. The fourth-order valence-electron chi connectivity index (χ4n) is 1.31. The first-order chi connectivity index (χ1) is 8.54. The van der Waals surface area contributed by atoms with Gasteiger partial charge in [-0.1, -0.05) is 24.9 Å². The zero-order chi connectivity index (χ0) is 13.5. The lowest BCUT2D eigenvalue weighted by Gasteiger charge is -2.07. The standard InChI is InChI=1S/C11H14ClN3O3/c1-2-3-6-13-11(16)14-9-7-8(12)4-5-10(9)15(17)18/h4-5,7H,2-3,6H2,1H3,(H2,13,14,16). The van der Waals surface area contributed by atoms with Gasteiger partial charge in [-0.05, 0) is 18.6 Å². The average molecular weight is 272 g/mol. The Labute approximate surface area is 109 Å². The fraction of sp³-hybridized carbons (Fsp3) is 0.364. The van der Waals surface area contributed by atoms with Crippen molar-refractivity contribution in [3.05, 3.63) is 33.3 Å². The first-order valence-electron chi connectivity index (χ1n) is 5.53. The van der Waals surface area contributed by atoms with Crippen LogP contribution in [0.1, 0.15) is 19.8 Å². The summed E-state index contributed by atoms with van der Waals surface area (Å²) in [7, 11) is 0. The van der Waals surface area contributed by atoms with Crippen LogP contribution < -0.4 is 10.6 Å². The molecular weight excluding hydrogens is 258 g/mol. The molecule has 0 saturated heterocycles. The van der Waals surface area contributed by atoms with Crippen molar-refractivity contribution in [1.29, 1.82) is 0 Å². The molecule has 1 rings (SSSR count). The van der Waals surface area contributed by atoms with Crippen LogP contribution >= 0.6 is 11.6 Å². The Morgan fingerprint density at radius 1 is 1.50 bits per heavy atom. The molecule has 0 heterocycles. The van der Waals surface area contributed by atoms with Gasteiger partial charge in [0.2, 0.25) is 0 Å². The molecular formula is C11H14ClN3O3. The number of nitro benzene ring substituents is 1. The Hall–Kier alpha value is -1.82. The number of hydrogen-bond acceptors (Lipinski definition) is 3. The van der Waals surface area contributed by atoms with Gasteiger partial charge in [-0.15, -0.1) is 0 Å². The first kappa shape index (κ1) is 14.2. The number of carbonyl (C=O) groups excluding carboxylic acids is 1. The molecule has 0 aliphatic carbocycles. The van der Waals surface area contributed by atoms with Crippen LogP contribution in [-0.4, -0.2) is 17.5 Å². The summed E-state index contributed by atoms with van der Waals surface area (Å²) in [5, 5.41) is 16.1. The molecule has 0 spiro atoms. The monoisotopic (exact) mass is 271 g/mol. The number of rotatable bonds is 5. The zero-order valence-electron chi connectivity index (χ0n) is 9.90. The summed E-state index contributed by atoms with van der Waals surface area (Å²) in [6.45, 7) is 2.53. The number of benzene rings is 1. The second kappa shape index (κ2) is 6.80. The molecule has 0 saturated carbocycles. The van der Waals surface area contributed by atoms with E-state index in [1.807, 2.05) is 6.92 Å². The maximum absolute atomic E-state index is 11.5. The minimum atomic E-state index is -0.571. The Balaban J connectivity index is 2.73. The smallest absolute Gasteiger partial charge is 0.319 e. The summed E-state index contributed by atoms with van der Waals surface area (Å²) >= 11 is 5.74. The van der Waals surface area contributed by atoms with Crippen LogP contribution in [0.4, 0.5) is 16.2 Å². The summed E-state index contributed by atoms with van der Waals surface area (Å²) in [5.74, 6) is 0. The van der Waals surface area contributed by atoms with Crippen molar-refractivity contribution in [2.45, 2.75) is 19.8 Å². The summed E-state index contributed by atoms with van der Waals surface area (Å²) in [5.41, 5.74) is -0.105. The highest BCUT2D eigenvalue weighted by Gasteiger charge is 2.15. The van der Waals surface area contributed by atoms with Crippen LogP contribution in [0.5, 0.6) is 0 Å². The lowest BCUT2D eigenvalue weighted by atomic mass is 10.2. The Bertz CT molecular complexity index is 451. The van der Waals surface area contributed by atoms with E-state index in [-0.39, 0.29) is 11.4 Å².